The average Bonchev–Trinajstić information content (AvgIpc) is 1.64. The molecule has 35 heteroatoms. The van der Waals surface area contributed by atoms with Crippen molar-refractivity contribution in [3.05, 3.63) is 313 Å². The number of carbonyl (C=O) groups excluding carboxylic acids is 8. The van der Waals surface area contributed by atoms with Crippen molar-refractivity contribution < 1.29 is 99.8 Å². The number of carbonyl (C=O) groups is 8. The Bertz CT molecular complexity index is 6480. The number of allylic oxidation sites excluding steroid dienone is 4. The molecule has 0 spiro atoms. The highest BCUT2D eigenvalue weighted by Crippen LogP contribution is 2.42. The number of hydrogen-bond donors (Lipinski definition) is 0. The van der Waals surface area contributed by atoms with Crippen LogP contribution in [-0.4, -0.2) is 128 Å². The van der Waals surface area contributed by atoms with E-state index in [1.807, 2.05) is 184 Å². The summed E-state index contributed by atoms with van der Waals surface area (Å²) in [6.45, 7) is 2.46. The summed E-state index contributed by atoms with van der Waals surface area (Å²) in [7, 11) is 10.4. The first kappa shape index (κ1) is 109. The molecule has 5 aliphatic carbocycles. The number of alkyl halides is 12. The maximum atomic E-state index is 14.0. The van der Waals surface area contributed by atoms with Gasteiger partial charge in [-0.1, -0.05) is 126 Å². The minimum atomic E-state index is -4.62. The monoisotopic (exact) mass is 2030 g/mol. The van der Waals surface area contributed by atoms with Crippen molar-refractivity contribution in [1.29, 1.82) is 0 Å². The Morgan fingerprint density at radius 3 is 0.932 bits per heavy atom. The van der Waals surface area contributed by atoms with Crippen LogP contribution >= 0.6 is 0 Å². The van der Waals surface area contributed by atoms with Crippen molar-refractivity contribution in [3.8, 4) is 0 Å². The molecule has 4 heterocycles. The molecule has 0 radical (unpaired) electrons. The van der Waals surface area contributed by atoms with Gasteiger partial charge in [0.25, 0.3) is 0 Å². The molecule has 146 heavy (non-hydrogen) atoms. The van der Waals surface area contributed by atoms with Crippen molar-refractivity contribution in [2.24, 2.45) is 23.7 Å². The van der Waals surface area contributed by atoms with Gasteiger partial charge in [0.2, 0.25) is 23.6 Å². The van der Waals surface area contributed by atoms with E-state index in [9.17, 15) is 99.8 Å². The number of benzene rings is 7. The Morgan fingerprint density at radius 1 is 0.315 bits per heavy atom. The quantitative estimate of drug-likeness (QED) is 0.0349. The summed E-state index contributed by atoms with van der Waals surface area (Å²) in [5.74, 6) is -6.29. The Kier molecular flexibility index (Phi) is 36.4. The van der Waals surface area contributed by atoms with E-state index in [1.165, 1.54) is 77.1 Å². The summed E-state index contributed by atoms with van der Waals surface area (Å²) in [6.07, 6.45) is -2.27. The second kappa shape index (κ2) is 48.5. The van der Waals surface area contributed by atoms with Crippen molar-refractivity contribution in [2.75, 3.05) is 66.8 Å². The molecule has 0 bridgehead atoms. The fraction of sp³-hybridized carbons (Fsp3) is 0.405. The Hall–Kier alpha value is -13.8. The molecule has 5 aliphatic rings. The summed E-state index contributed by atoms with van der Waals surface area (Å²) in [6, 6.07) is 52.6. The van der Waals surface area contributed by atoms with Crippen molar-refractivity contribution in [2.45, 2.75) is 225 Å². The first-order valence-electron chi connectivity index (χ1n) is 49.0. The maximum Gasteiger partial charge on any atom is 0.435 e. The van der Waals surface area contributed by atoms with Crippen LogP contribution in [0.2, 0.25) is 0 Å². The van der Waals surface area contributed by atoms with Crippen LogP contribution < -0.4 is 24.5 Å². The van der Waals surface area contributed by atoms with Crippen molar-refractivity contribution >= 4 is 75.2 Å². The van der Waals surface area contributed by atoms with Gasteiger partial charge in [0.15, 0.2) is 45.9 Å². The Labute approximate surface area is 838 Å². The second-order valence-electron chi connectivity index (χ2n) is 38.3. The molecule has 0 aliphatic heterocycles. The second-order valence-corrected chi connectivity index (χ2v) is 38.3. The average molecular weight is 2030 g/mol. The highest BCUT2D eigenvalue weighted by molar-refractivity contribution is 6.00. The van der Waals surface area contributed by atoms with E-state index < -0.39 is 101 Å². The molecule has 4 atom stereocenters. The topological polar surface area (TPSA) is 224 Å². The van der Waals surface area contributed by atoms with Gasteiger partial charge in [-0.3, -0.25) is 57.1 Å². The minimum absolute atomic E-state index is 0.0414. The lowest BCUT2D eigenvalue weighted by Crippen LogP contribution is -2.36. The molecule has 4 amide bonds. The number of para-hydroxylation sites is 2. The number of fused-ring (bicyclic) bond motifs is 4. The fourth-order valence-electron chi connectivity index (χ4n) is 19.9. The number of nitrogens with zero attached hydrogens (tertiary/aromatic N) is 13. The number of Topliss-reactive ketones (excluding diaryl/α,β-unsaturated/α-hetero) is 4. The summed E-state index contributed by atoms with van der Waals surface area (Å²) >= 11 is 0. The summed E-state index contributed by atoms with van der Waals surface area (Å²) in [5, 5.41) is 15.2. The third kappa shape index (κ3) is 28.7. The molecule has 16 rings (SSSR count). The summed E-state index contributed by atoms with van der Waals surface area (Å²) in [4.78, 5) is 114. The van der Waals surface area contributed by atoms with Crippen molar-refractivity contribution in [3.63, 3.8) is 0 Å². The van der Waals surface area contributed by atoms with Crippen LogP contribution in [0.1, 0.15) is 186 Å². The van der Waals surface area contributed by atoms with E-state index in [0.29, 0.717) is 147 Å². The van der Waals surface area contributed by atoms with Gasteiger partial charge in [-0.25, -0.2) is 8.78 Å². The normalized spacial score (nSPS) is 14.6. The van der Waals surface area contributed by atoms with Crippen LogP contribution in [0.15, 0.2) is 206 Å². The van der Waals surface area contributed by atoms with Gasteiger partial charge in [-0.2, -0.15) is 73.1 Å². The van der Waals surface area contributed by atoms with E-state index in [1.54, 1.807) is 34.1 Å². The highest BCUT2D eigenvalue weighted by Gasteiger charge is 2.45. The molecule has 0 saturated heterocycles. The van der Waals surface area contributed by atoms with Gasteiger partial charge in [-0.05, 0) is 256 Å². The number of rotatable bonds is 33. The Morgan fingerprint density at radius 2 is 0.610 bits per heavy atom. The number of amides is 4. The number of ketones is 4. The molecule has 4 aromatic heterocycles. The third-order valence-corrected chi connectivity index (χ3v) is 27.1. The molecule has 7 aromatic carbocycles. The highest BCUT2D eigenvalue weighted by atomic mass is 19.4. The van der Waals surface area contributed by atoms with Crippen LogP contribution in [-0.2, 0) is 160 Å². The molecule has 11 aromatic rings. The van der Waals surface area contributed by atoms with Gasteiger partial charge in [0.1, 0.15) is 11.6 Å². The predicted octanol–water partition coefficient (Wildman–Crippen LogP) is 22.0. The van der Waals surface area contributed by atoms with Gasteiger partial charge >= 0.3 is 24.7 Å². The minimum Gasteiger partial charge on any atom is -0.378 e. The molecule has 0 N–H and O–H groups in total. The number of aromatic nitrogens is 8. The van der Waals surface area contributed by atoms with Crippen LogP contribution in [0.4, 0.5) is 89.9 Å². The molecular formula is C111H119F14N13O8. The number of anilines is 5. The van der Waals surface area contributed by atoms with Crippen molar-refractivity contribution in [1.82, 2.24) is 39.1 Å². The van der Waals surface area contributed by atoms with Crippen LogP contribution in [0, 0.1) is 49.2 Å². The van der Waals surface area contributed by atoms with E-state index in [2.05, 4.69) is 20.4 Å². The van der Waals surface area contributed by atoms with E-state index in [0.717, 1.165) is 64.0 Å². The predicted molar refractivity (Wildman–Crippen MR) is 528 cm³/mol. The SMILES string of the molecule is CN(C(=O)C(CC(=O)Cn1nc(C(F)(F)F)c2c1CCCC2)CC1=CCC=C1)c1ccccc1.CN(C)c1ccc(N(C)C(=O)C(CC(=O)Cn2nc(C(F)(F)F)c3c2CCCC3)Cc2ccccc2)cc1.Cc1cc(F)cc(CC(CC(=O)Cn2nc(C(F)(F)F)c3c2CCCC3)C(=O)N(C)c2ccc(F)cc2)c1.Cc1cccc(CC(CC(=O)Cn2nc(C(F)(F)F)c3c2CCCC3)C(=O)N(C)c2ccccc2)c1. The van der Waals surface area contributed by atoms with Gasteiger partial charge in [0.05, 0.1) is 26.2 Å². The molecule has 21 nitrogen and oxygen atoms in total. The summed E-state index contributed by atoms with van der Waals surface area (Å²) < 4.78 is 195. The van der Waals surface area contributed by atoms with E-state index in [-0.39, 0.29) is 115 Å². The van der Waals surface area contributed by atoms with Gasteiger partial charge in [0, 0.05) is 165 Å². The van der Waals surface area contributed by atoms with Crippen LogP contribution in [0.3, 0.4) is 0 Å². The molecule has 0 saturated carbocycles. The zero-order chi connectivity index (χ0) is 105. The molecule has 4 unspecified atom stereocenters. The lowest BCUT2D eigenvalue weighted by atomic mass is 9.91. The number of hydrogen-bond acceptors (Lipinski definition) is 13. The van der Waals surface area contributed by atoms with Crippen LogP contribution in [0.25, 0.3) is 0 Å². The number of aryl methyl sites for hydroxylation is 2. The van der Waals surface area contributed by atoms with E-state index >= 15 is 0 Å². The maximum absolute atomic E-state index is 14.0. The third-order valence-electron chi connectivity index (χ3n) is 27.1. The molecule has 0 fully saturated rings. The van der Waals surface area contributed by atoms with Gasteiger partial charge in [-0.15, -0.1) is 0 Å². The Balaban J connectivity index is 0.000000163. The standard InChI is InChI=1S/C29H33F3N4O2.C28H28F5N3O2.C28H30F3N3O2.C26H28F3N3O2/c1-34(2)22-13-15-23(16-14-22)35(3)28(38)21(17-20-9-5-4-6-10-20)18-24(37)19-36-26-12-8-7-11-25(26)27(33-36)29(30,31)32;1-17-11-18(14-21(30)12-17)13-19(27(38)35(2)22-9-7-20(29)8-10-22)15-23(37)16-36-25-6-4-3-5-24(25)26(34-36)28(31,32)33;1-19-9-8-10-20(15-19)16-21(27(36)33(2)22-11-4-3-5-12-22)17-23(35)18-34-25-14-7-6-13-24(25)26(32-34)28(29,30)31;1-31(20-11-3-2-4-12-20)25(34)19(15-18-9-5-6-10-18)16-21(33)17-32-23-14-8-7-13-22(23)24(30-32)26(27,28)29/h4-6,9-10,13-16,21H,7-8,11-12,17-19H2,1-3H3;7-12,14,19H,3-6,13,15-16H2,1-2H3;3-5,8-12,15,21H,6-7,13-14,16-18H2,1-2H3;2-5,9-12,19H,6-8,13-17H2,1H3. The van der Waals surface area contributed by atoms with Crippen LogP contribution in [0.5, 0.6) is 0 Å². The van der Waals surface area contributed by atoms with E-state index in [4.69, 9.17) is 0 Å². The zero-order valence-electron chi connectivity index (χ0n) is 82.7. The zero-order valence-corrected chi connectivity index (χ0v) is 82.7. The fourth-order valence-corrected chi connectivity index (χ4v) is 19.9. The first-order valence-corrected chi connectivity index (χ1v) is 49.0. The summed E-state index contributed by atoms with van der Waals surface area (Å²) in [5.41, 5.74) is 7.57. The number of halogens is 14. The smallest absolute Gasteiger partial charge is 0.378 e. The lowest BCUT2D eigenvalue weighted by Gasteiger charge is -2.25. The lowest BCUT2D eigenvalue weighted by molar-refractivity contribution is -0.143. The molecular weight excluding hydrogens is 1910 g/mol. The van der Waals surface area contributed by atoms with Gasteiger partial charge < -0.3 is 24.5 Å². The largest absolute Gasteiger partial charge is 0.435 e. The first-order chi connectivity index (χ1) is 69.3. The molecule has 774 valence electrons.